The highest BCUT2D eigenvalue weighted by molar-refractivity contribution is 5.81. The van der Waals surface area contributed by atoms with E-state index in [0.29, 0.717) is 24.1 Å². The standard InChI is InChI=1S/C17H28N2O2/c1-17(2,3)18-9-11-4-5-12(10-18)19(11)16(20)14-8-13-6-7-15(14)21-13/h11-15H,4-10H2,1-3H3. The van der Waals surface area contributed by atoms with E-state index in [-0.39, 0.29) is 17.6 Å². The number of carbonyl (C=O) groups is 1. The smallest absolute Gasteiger partial charge is 0.228 e. The third-order valence-corrected chi connectivity index (χ3v) is 6.11. The zero-order chi connectivity index (χ0) is 14.8. The average molecular weight is 292 g/mol. The highest BCUT2D eigenvalue weighted by Gasteiger charge is 2.51. The highest BCUT2D eigenvalue weighted by atomic mass is 16.5. The molecule has 0 aromatic carbocycles. The number of carbonyl (C=O) groups excluding carboxylic acids is 1. The minimum atomic E-state index is 0.160. The number of ether oxygens (including phenoxy) is 1. The van der Waals surface area contributed by atoms with Crippen LogP contribution in [0, 0.1) is 5.92 Å². The Bertz CT molecular complexity index is 431. The summed E-state index contributed by atoms with van der Waals surface area (Å²) in [5.41, 5.74) is 0.214. The molecule has 5 unspecified atom stereocenters. The molecule has 4 nitrogen and oxygen atoms in total. The van der Waals surface area contributed by atoms with Crippen molar-refractivity contribution in [1.82, 2.24) is 9.80 Å². The second-order valence-electron chi connectivity index (χ2n) is 8.42. The van der Waals surface area contributed by atoms with Gasteiger partial charge in [0.2, 0.25) is 5.91 Å². The fourth-order valence-electron chi connectivity index (χ4n) is 4.90. The van der Waals surface area contributed by atoms with Crippen molar-refractivity contribution >= 4 is 5.91 Å². The van der Waals surface area contributed by atoms with Crippen LogP contribution in [0.15, 0.2) is 0 Å². The Morgan fingerprint density at radius 3 is 2.19 bits per heavy atom. The topological polar surface area (TPSA) is 32.8 Å². The van der Waals surface area contributed by atoms with Crippen LogP contribution in [0.5, 0.6) is 0 Å². The fourth-order valence-corrected chi connectivity index (χ4v) is 4.90. The number of fused-ring (bicyclic) bond motifs is 4. The summed E-state index contributed by atoms with van der Waals surface area (Å²) in [5, 5.41) is 0. The molecule has 0 radical (unpaired) electrons. The first-order valence-electron chi connectivity index (χ1n) is 8.66. The second kappa shape index (κ2) is 4.69. The fraction of sp³-hybridized carbons (Fsp3) is 0.941. The molecule has 1 amide bonds. The van der Waals surface area contributed by atoms with E-state index < -0.39 is 0 Å². The van der Waals surface area contributed by atoms with Crippen LogP contribution in [0.25, 0.3) is 0 Å². The number of amides is 1. The third kappa shape index (κ3) is 2.22. The van der Waals surface area contributed by atoms with Crippen LogP contribution in [0.1, 0.15) is 52.9 Å². The molecule has 4 heteroatoms. The van der Waals surface area contributed by atoms with Gasteiger partial charge in [-0.1, -0.05) is 0 Å². The summed E-state index contributed by atoms with van der Waals surface area (Å²) in [5.74, 6) is 0.566. The molecule has 4 heterocycles. The Balaban J connectivity index is 1.49. The predicted octanol–water partition coefficient (Wildman–Crippen LogP) is 2.03. The molecule has 4 aliphatic heterocycles. The van der Waals surface area contributed by atoms with Crippen LogP contribution < -0.4 is 0 Å². The van der Waals surface area contributed by atoms with E-state index in [4.69, 9.17) is 4.74 Å². The van der Waals surface area contributed by atoms with Gasteiger partial charge in [0.05, 0.1) is 18.1 Å². The van der Waals surface area contributed by atoms with Gasteiger partial charge >= 0.3 is 0 Å². The summed E-state index contributed by atoms with van der Waals surface area (Å²) in [6.07, 6.45) is 6.20. The molecule has 5 atom stereocenters. The Morgan fingerprint density at radius 2 is 1.71 bits per heavy atom. The molecule has 0 spiro atoms. The van der Waals surface area contributed by atoms with Gasteiger partial charge in [-0.2, -0.15) is 0 Å². The molecule has 118 valence electrons. The van der Waals surface area contributed by atoms with Crippen molar-refractivity contribution in [1.29, 1.82) is 0 Å². The van der Waals surface area contributed by atoms with Gasteiger partial charge in [0.1, 0.15) is 0 Å². The summed E-state index contributed by atoms with van der Waals surface area (Å²) in [6.45, 7) is 8.95. The van der Waals surface area contributed by atoms with Gasteiger partial charge in [-0.3, -0.25) is 9.69 Å². The first-order chi connectivity index (χ1) is 9.93. The van der Waals surface area contributed by atoms with Crippen LogP contribution >= 0.6 is 0 Å². The quantitative estimate of drug-likeness (QED) is 0.741. The van der Waals surface area contributed by atoms with Gasteiger partial charge in [-0.15, -0.1) is 0 Å². The number of likely N-dealkylation sites (tertiary alicyclic amines) is 1. The number of nitrogens with zero attached hydrogens (tertiary/aromatic N) is 2. The van der Waals surface area contributed by atoms with Crippen LogP contribution in [0.4, 0.5) is 0 Å². The average Bonchev–Trinajstić information content (AvgIpc) is 3.10. The van der Waals surface area contributed by atoms with Crippen LogP contribution in [0.3, 0.4) is 0 Å². The van der Waals surface area contributed by atoms with Gasteiger partial charge in [0, 0.05) is 30.7 Å². The molecule has 0 saturated carbocycles. The summed E-state index contributed by atoms with van der Waals surface area (Å²) in [4.78, 5) is 17.9. The van der Waals surface area contributed by atoms with Gasteiger partial charge < -0.3 is 9.64 Å². The minimum absolute atomic E-state index is 0.160. The number of hydrogen-bond donors (Lipinski definition) is 0. The normalized spacial score (nSPS) is 42.8. The SMILES string of the molecule is CC(C)(C)N1CC2CCC(C1)N2C(=O)C1CC2CCC1O2. The van der Waals surface area contributed by atoms with Crippen LogP contribution in [0.2, 0.25) is 0 Å². The molecule has 4 aliphatic rings. The van der Waals surface area contributed by atoms with Gasteiger partial charge in [0.15, 0.2) is 0 Å². The second-order valence-corrected chi connectivity index (χ2v) is 8.42. The summed E-state index contributed by atoms with van der Waals surface area (Å²) in [6, 6.07) is 0.879. The minimum Gasteiger partial charge on any atom is -0.374 e. The Morgan fingerprint density at radius 1 is 1.05 bits per heavy atom. The third-order valence-electron chi connectivity index (χ3n) is 6.11. The summed E-state index contributed by atoms with van der Waals surface area (Å²) >= 11 is 0. The Hall–Kier alpha value is -0.610. The first kappa shape index (κ1) is 14.0. The van der Waals surface area contributed by atoms with Crippen molar-refractivity contribution < 1.29 is 9.53 Å². The maximum absolute atomic E-state index is 13.0. The van der Waals surface area contributed by atoms with E-state index in [1.54, 1.807) is 0 Å². The highest BCUT2D eigenvalue weighted by Crippen LogP contribution is 2.42. The van der Waals surface area contributed by atoms with E-state index in [1.807, 2.05) is 0 Å². The Kier molecular flexibility index (Phi) is 3.13. The number of rotatable bonds is 1. The molecular weight excluding hydrogens is 264 g/mol. The van der Waals surface area contributed by atoms with Gasteiger partial charge in [-0.25, -0.2) is 0 Å². The maximum Gasteiger partial charge on any atom is 0.228 e. The van der Waals surface area contributed by atoms with E-state index in [0.717, 1.165) is 25.9 Å². The first-order valence-corrected chi connectivity index (χ1v) is 8.66. The Labute approximate surface area is 127 Å². The molecule has 4 rings (SSSR count). The van der Waals surface area contributed by atoms with E-state index in [9.17, 15) is 4.79 Å². The largest absolute Gasteiger partial charge is 0.374 e. The van der Waals surface area contributed by atoms with Crippen molar-refractivity contribution in [3.8, 4) is 0 Å². The molecule has 0 aromatic rings. The van der Waals surface area contributed by atoms with Crippen molar-refractivity contribution in [2.45, 2.75) is 82.7 Å². The predicted molar refractivity (Wildman–Crippen MR) is 81.0 cm³/mol. The molecule has 4 bridgehead atoms. The summed E-state index contributed by atoms with van der Waals surface area (Å²) < 4.78 is 5.91. The molecule has 0 aliphatic carbocycles. The monoisotopic (exact) mass is 292 g/mol. The zero-order valence-electron chi connectivity index (χ0n) is 13.5. The van der Waals surface area contributed by atoms with Crippen LogP contribution in [-0.4, -0.2) is 58.6 Å². The van der Waals surface area contributed by atoms with Crippen LogP contribution in [-0.2, 0) is 9.53 Å². The number of piperazine rings is 1. The molecule has 4 fully saturated rings. The molecule has 21 heavy (non-hydrogen) atoms. The zero-order valence-corrected chi connectivity index (χ0v) is 13.5. The molecular formula is C17H28N2O2. The summed E-state index contributed by atoms with van der Waals surface area (Å²) in [7, 11) is 0. The maximum atomic E-state index is 13.0. The van der Waals surface area contributed by atoms with Crippen molar-refractivity contribution in [2.75, 3.05) is 13.1 Å². The van der Waals surface area contributed by atoms with Gasteiger partial charge in [-0.05, 0) is 52.9 Å². The van der Waals surface area contributed by atoms with E-state index in [2.05, 4.69) is 30.6 Å². The van der Waals surface area contributed by atoms with Crippen molar-refractivity contribution in [3.63, 3.8) is 0 Å². The lowest BCUT2D eigenvalue weighted by molar-refractivity contribution is -0.144. The lowest BCUT2D eigenvalue weighted by Crippen LogP contribution is -2.61. The van der Waals surface area contributed by atoms with E-state index >= 15 is 0 Å². The molecule has 0 aromatic heterocycles. The molecule has 0 N–H and O–H groups in total. The van der Waals surface area contributed by atoms with E-state index in [1.165, 1.54) is 19.3 Å². The van der Waals surface area contributed by atoms with Crippen molar-refractivity contribution in [2.24, 2.45) is 5.92 Å². The van der Waals surface area contributed by atoms with Gasteiger partial charge in [0.25, 0.3) is 0 Å². The number of hydrogen-bond acceptors (Lipinski definition) is 3. The molecule has 4 saturated heterocycles. The lowest BCUT2D eigenvalue weighted by atomic mass is 9.87. The lowest BCUT2D eigenvalue weighted by Gasteiger charge is -2.47. The van der Waals surface area contributed by atoms with Crippen molar-refractivity contribution in [3.05, 3.63) is 0 Å².